The molecule has 2 aromatic rings. The van der Waals surface area contributed by atoms with Crippen LogP contribution in [-0.2, 0) is 16.7 Å². The third-order valence-corrected chi connectivity index (χ3v) is 3.17. The average Bonchev–Trinajstić information content (AvgIpc) is 2.34. The summed E-state index contributed by atoms with van der Waals surface area (Å²) in [7, 11) is -2.38. The Bertz CT molecular complexity index is 670. The lowest BCUT2D eigenvalue weighted by molar-refractivity contribution is -0.747. The molecule has 0 spiro atoms. The van der Waals surface area contributed by atoms with Crippen molar-refractivity contribution in [3.05, 3.63) is 30.5 Å². The number of benzene rings is 1. The molecule has 0 unspecified atom stereocenters. The van der Waals surface area contributed by atoms with E-state index in [1.807, 2.05) is 12.1 Å². The first-order chi connectivity index (χ1) is 8.48. The van der Waals surface area contributed by atoms with Crippen LogP contribution in [0.3, 0.4) is 0 Å². The van der Waals surface area contributed by atoms with Crippen molar-refractivity contribution in [2.75, 3.05) is 12.9 Å². The van der Waals surface area contributed by atoms with Crippen molar-refractivity contribution < 1.29 is 22.4 Å². The summed E-state index contributed by atoms with van der Waals surface area (Å²) in [4.78, 5) is 0. The Kier molecular flexibility index (Phi) is 3.44. The van der Waals surface area contributed by atoms with Gasteiger partial charge in [0.1, 0.15) is 17.0 Å². The first-order valence-electron chi connectivity index (χ1n) is 5.28. The second-order valence-electron chi connectivity index (χ2n) is 3.79. The van der Waals surface area contributed by atoms with Crippen LogP contribution >= 0.6 is 0 Å². The zero-order valence-corrected chi connectivity index (χ0v) is 10.6. The van der Waals surface area contributed by atoms with Gasteiger partial charge in [0.2, 0.25) is 0 Å². The van der Waals surface area contributed by atoms with E-state index in [4.69, 9.17) is 9.29 Å². The maximum absolute atomic E-state index is 10.6. The van der Waals surface area contributed by atoms with Gasteiger partial charge in [-0.05, 0) is 18.2 Å². The van der Waals surface area contributed by atoms with Gasteiger partial charge >= 0.3 is 0 Å². The van der Waals surface area contributed by atoms with Gasteiger partial charge in [-0.25, -0.2) is 0 Å². The molecule has 0 amide bonds. The fourth-order valence-corrected chi connectivity index (χ4v) is 1.97. The van der Waals surface area contributed by atoms with Gasteiger partial charge in [-0.15, -0.1) is 0 Å². The number of aromatic nitrogens is 2. The minimum absolute atomic E-state index is 0.112. The fraction of sp³-hybridized carbons (Fsp3) is 0.273. The first kappa shape index (κ1) is 12.7. The van der Waals surface area contributed by atoms with Gasteiger partial charge < -0.3 is 4.74 Å². The largest absolute Gasteiger partial charge is 0.497 e. The van der Waals surface area contributed by atoms with Gasteiger partial charge in [0.25, 0.3) is 10.1 Å². The maximum Gasteiger partial charge on any atom is 0.271 e. The molecule has 1 heterocycles. The first-order valence-corrected chi connectivity index (χ1v) is 6.88. The lowest BCUT2D eigenvalue weighted by atomic mass is 10.2. The van der Waals surface area contributed by atoms with Crippen LogP contribution in [0.15, 0.2) is 30.5 Å². The summed E-state index contributed by atoms with van der Waals surface area (Å²) in [5, 5.41) is 5.14. The Morgan fingerprint density at radius 2 is 2.17 bits per heavy atom. The summed E-state index contributed by atoms with van der Waals surface area (Å²) in [5.41, 5.74) is 0.730. The third-order valence-electron chi connectivity index (χ3n) is 2.48. The molecule has 0 aliphatic carbocycles. The van der Waals surface area contributed by atoms with Crippen molar-refractivity contribution in [1.82, 2.24) is 5.10 Å². The molecule has 1 N–H and O–H groups in total. The Morgan fingerprint density at radius 3 is 2.83 bits per heavy atom. The summed E-state index contributed by atoms with van der Waals surface area (Å²) >= 11 is 0. The molecule has 1 aromatic carbocycles. The van der Waals surface area contributed by atoms with E-state index in [0.29, 0.717) is 0 Å². The number of hydrogen-bond donors (Lipinski definition) is 1. The van der Waals surface area contributed by atoms with Crippen molar-refractivity contribution >= 4 is 21.0 Å². The second kappa shape index (κ2) is 4.87. The van der Waals surface area contributed by atoms with Gasteiger partial charge in [0.05, 0.1) is 7.11 Å². The SMILES string of the molecule is COc1ccc2n[n+](CCS(=O)(=O)O)ccc2c1. The second-order valence-corrected chi connectivity index (χ2v) is 5.36. The summed E-state index contributed by atoms with van der Waals surface area (Å²) in [6.45, 7) is 0.112. The van der Waals surface area contributed by atoms with E-state index in [1.165, 1.54) is 4.68 Å². The summed E-state index contributed by atoms with van der Waals surface area (Å²) in [5.74, 6) is 0.381. The Labute approximate surface area is 105 Å². The molecule has 0 atom stereocenters. The molecule has 0 radical (unpaired) electrons. The number of aryl methyl sites for hydroxylation is 1. The van der Waals surface area contributed by atoms with Crippen LogP contribution in [0.5, 0.6) is 5.75 Å². The van der Waals surface area contributed by atoms with Crippen molar-refractivity contribution in [2.24, 2.45) is 0 Å². The van der Waals surface area contributed by atoms with E-state index in [0.717, 1.165) is 16.7 Å². The predicted octanol–water partition coefficient (Wildman–Crippen LogP) is 0.419. The average molecular weight is 269 g/mol. The van der Waals surface area contributed by atoms with Gasteiger partial charge in [0.15, 0.2) is 12.7 Å². The van der Waals surface area contributed by atoms with Crippen molar-refractivity contribution in [2.45, 2.75) is 6.54 Å². The molecule has 0 saturated heterocycles. The molecule has 0 aliphatic rings. The summed E-state index contributed by atoms with van der Waals surface area (Å²) in [6, 6.07) is 7.23. The highest BCUT2D eigenvalue weighted by Gasteiger charge is 2.12. The van der Waals surface area contributed by atoms with Gasteiger partial charge in [-0.2, -0.15) is 8.42 Å². The van der Waals surface area contributed by atoms with E-state index in [9.17, 15) is 8.42 Å². The van der Waals surface area contributed by atoms with E-state index in [-0.39, 0.29) is 12.3 Å². The van der Waals surface area contributed by atoms with Gasteiger partial charge in [-0.1, -0.05) is 4.68 Å². The van der Waals surface area contributed by atoms with Crippen molar-refractivity contribution in [1.29, 1.82) is 0 Å². The molecule has 96 valence electrons. The van der Waals surface area contributed by atoms with E-state index in [1.54, 1.807) is 25.4 Å². The quantitative estimate of drug-likeness (QED) is 0.642. The molecule has 18 heavy (non-hydrogen) atoms. The minimum atomic E-state index is -3.97. The maximum atomic E-state index is 10.6. The lowest BCUT2D eigenvalue weighted by Crippen LogP contribution is -2.40. The van der Waals surface area contributed by atoms with Crippen LogP contribution in [0.2, 0.25) is 0 Å². The molecule has 1 aromatic heterocycles. The zero-order valence-electron chi connectivity index (χ0n) is 9.78. The van der Waals surface area contributed by atoms with Crippen molar-refractivity contribution in [3.8, 4) is 5.75 Å². The molecule has 2 rings (SSSR count). The minimum Gasteiger partial charge on any atom is -0.497 e. The van der Waals surface area contributed by atoms with Crippen LogP contribution < -0.4 is 9.42 Å². The van der Waals surface area contributed by atoms with Crippen LogP contribution in [0, 0.1) is 0 Å². The van der Waals surface area contributed by atoms with E-state index >= 15 is 0 Å². The Morgan fingerprint density at radius 1 is 1.39 bits per heavy atom. The van der Waals surface area contributed by atoms with Gasteiger partial charge in [0, 0.05) is 16.6 Å². The van der Waals surface area contributed by atoms with Crippen LogP contribution in [0.25, 0.3) is 10.9 Å². The van der Waals surface area contributed by atoms with Crippen molar-refractivity contribution in [3.63, 3.8) is 0 Å². The zero-order chi connectivity index (χ0) is 13.2. The highest BCUT2D eigenvalue weighted by molar-refractivity contribution is 7.85. The topological polar surface area (TPSA) is 80.4 Å². The number of nitrogens with zero attached hydrogens (tertiary/aromatic N) is 2. The van der Waals surface area contributed by atoms with Gasteiger partial charge in [-0.3, -0.25) is 4.55 Å². The highest BCUT2D eigenvalue weighted by atomic mass is 32.2. The fourth-order valence-electron chi connectivity index (χ4n) is 1.56. The number of methoxy groups -OCH3 is 1. The normalized spacial score (nSPS) is 11.7. The molecule has 7 heteroatoms. The number of hydrogen-bond acceptors (Lipinski definition) is 4. The number of fused-ring (bicyclic) bond motifs is 1. The Hall–Kier alpha value is -1.73. The molecule has 6 nitrogen and oxygen atoms in total. The third kappa shape index (κ3) is 3.14. The monoisotopic (exact) mass is 269 g/mol. The smallest absolute Gasteiger partial charge is 0.271 e. The highest BCUT2D eigenvalue weighted by Crippen LogP contribution is 2.17. The summed E-state index contributed by atoms with van der Waals surface area (Å²) in [6.07, 6.45) is 1.66. The standard InChI is InChI=1S/C11H12N2O4S/c1-17-10-2-3-11-9(8-10)4-5-13(12-11)6-7-18(14,15)16/h2-5,8H,6-7H2,1H3/p+1. The summed E-state index contributed by atoms with van der Waals surface area (Å²) < 4.78 is 36.5. The molecular weight excluding hydrogens is 256 g/mol. The molecule has 0 bridgehead atoms. The molecular formula is C11H13N2O4S+. The van der Waals surface area contributed by atoms with Crippen LogP contribution in [0.4, 0.5) is 0 Å². The Balaban J connectivity index is 2.28. The van der Waals surface area contributed by atoms with Crippen LogP contribution in [-0.4, -0.2) is 30.9 Å². The number of ether oxygens (including phenoxy) is 1. The number of rotatable bonds is 4. The molecule has 0 aliphatic heterocycles. The molecule has 0 saturated carbocycles. The van der Waals surface area contributed by atoms with E-state index in [2.05, 4.69) is 5.10 Å². The predicted molar refractivity (Wildman–Crippen MR) is 64.9 cm³/mol. The lowest BCUT2D eigenvalue weighted by Gasteiger charge is -2.00. The van der Waals surface area contributed by atoms with Crippen LogP contribution in [0.1, 0.15) is 0 Å². The molecule has 0 fully saturated rings. The van der Waals surface area contributed by atoms with E-state index < -0.39 is 10.1 Å².